The van der Waals surface area contributed by atoms with Gasteiger partial charge in [0, 0.05) is 22.2 Å². The second-order valence-electron chi connectivity index (χ2n) is 4.32. The summed E-state index contributed by atoms with van der Waals surface area (Å²) in [5.41, 5.74) is 5.89. The van der Waals surface area contributed by atoms with Gasteiger partial charge in [-0.2, -0.15) is 0 Å². The van der Waals surface area contributed by atoms with Gasteiger partial charge in [0.15, 0.2) is 0 Å². The van der Waals surface area contributed by atoms with Gasteiger partial charge in [0.25, 0.3) is 0 Å². The molecule has 0 fully saturated rings. The molecule has 0 aliphatic carbocycles. The monoisotopic (exact) mass is 350 g/mol. The molecule has 0 heterocycles. The maximum atomic E-state index is 11.2. The zero-order valence-corrected chi connectivity index (χ0v) is 12.6. The molecule has 0 spiro atoms. The highest BCUT2D eigenvalue weighted by molar-refractivity contribution is 9.10. The number of carbonyl (C=O) groups is 1. The lowest BCUT2D eigenvalue weighted by atomic mass is 10.1. The van der Waals surface area contributed by atoms with E-state index in [4.69, 9.17) is 10.5 Å². The van der Waals surface area contributed by atoms with Crippen LogP contribution in [0.2, 0.25) is 0 Å². The average molecular weight is 351 g/mol. The first-order chi connectivity index (χ1) is 9.88. The lowest BCUT2D eigenvalue weighted by Gasteiger charge is -2.10. The summed E-state index contributed by atoms with van der Waals surface area (Å²) in [5, 5.41) is 11.0. The summed E-state index contributed by atoms with van der Waals surface area (Å²) >= 11 is 3.31. The number of carbonyl (C=O) groups excluding carboxylic acids is 1. The van der Waals surface area contributed by atoms with E-state index < -0.39 is 10.8 Å². The largest absolute Gasteiger partial charge is 0.450 e. The molecular formula is C14H11BrN2O4. The van der Waals surface area contributed by atoms with Crippen LogP contribution < -0.4 is 10.5 Å². The van der Waals surface area contributed by atoms with Gasteiger partial charge in [-0.1, -0.05) is 22.0 Å². The Balaban J connectivity index is 2.50. The molecule has 2 aromatic carbocycles. The van der Waals surface area contributed by atoms with Gasteiger partial charge in [-0.05, 0) is 30.7 Å². The van der Waals surface area contributed by atoms with Crippen LogP contribution in [0.3, 0.4) is 0 Å². The molecule has 1 amide bonds. The Bertz CT molecular complexity index is 731. The SMILES string of the molecule is Cc1ccc(Br)cc1Oc1cc(C(N)=O)ccc1[N+](=O)[O-]. The Hall–Kier alpha value is -2.41. The molecule has 0 saturated heterocycles. The smallest absolute Gasteiger partial charge is 0.311 e. The second kappa shape index (κ2) is 5.92. The van der Waals surface area contributed by atoms with Crippen LogP contribution in [0.5, 0.6) is 11.5 Å². The van der Waals surface area contributed by atoms with Crippen molar-refractivity contribution in [3.8, 4) is 11.5 Å². The van der Waals surface area contributed by atoms with E-state index in [1.54, 1.807) is 6.07 Å². The number of hydrogen-bond donors (Lipinski definition) is 1. The van der Waals surface area contributed by atoms with Gasteiger partial charge >= 0.3 is 5.69 Å². The van der Waals surface area contributed by atoms with Gasteiger partial charge in [0.2, 0.25) is 11.7 Å². The number of nitrogens with zero attached hydrogens (tertiary/aromatic N) is 1. The standard InChI is InChI=1S/C14H11BrN2O4/c1-8-2-4-10(15)7-12(8)21-13-6-9(14(16)18)3-5-11(13)17(19)20/h2-7H,1H3,(H2,16,18). The van der Waals surface area contributed by atoms with Crippen LogP contribution in [0.1, 0.15) is 15.9 Å². The van der Waals surface area contributed by atoms with Crippen molar-refractivity contribution in [1.29, 1.82) is 0 Å². The summed E-state index contributed by atoms with van der Waals surface area (Å²) in [5.74, 6) is -0.257. The third-order valence-corrected chi connectivity index (χ3v) is 3.30. The highest BCUT2D eigenvalue weighted by atomic mass is 79.9. The number of aryl methyl sites for hydroxylation is 1. The van der Waals surface area contributed by atoms with Gasteiger partial charge in [-0.25, -0.2) is 0 Å². The van der Waals surface area contributed by atoms with E-state index in [1.807, 2.05) is 19.1 Å². The van der Waals surface area contributed by atoms with E-state index >= 15 is 0 Å². The number of benzene rings is 2. The van der Waals surface area contributed by atoms with Gasteiger partial charge in [-0.3, -0.25) is 14.9 Å². The first-order valence-corrected chi connectivity index (χ1v) is 6.70. The molecule has 0 radical (unpaired) electrons. The van der Waals surface area contributed by atoms with Crippen LogP contribution in [0.15, 0.2) is 40.9 Å². The predicted octanol–water partition coefficient (Wildman–Crippen LogP) is 3.56. The summed E-state index contributed by atoms with van der Waals surface area (Å²) < 4.78 is 6.37. The van der Waals surface area contributed by atoms with Crippen molar-refractivity contribution in [1.82, 2.24) is 0 Å². The second-order valence-corrected chi connectivity index (χ2v) is 5.23. The van der Waals surface area contributed by atoms with Gasteiger partial charge in [-0.15, -0.1) is 0 Å². The number of ether oxygens (including phenoxy) is 1. The normalized spacial score (nSPS) is 10.2. The van der Waals surface area contributed by atoms with Crippen molar-refractivity contribution in [3.05, 3.63) is 62.1 Å². The number of hydrogen-bond acceptors (Lipinski definition) is 4. The van der Waals surface area contributed by atoms with E-state index in [2.05, 4.69) is 15.9 Å². The third-order valence-electron chi connectivity index (χ3n) is 2.81. The number of primary amides is 1. The third kappa shape index (κ3) is 3.38. The van der Waals surface area contributed by atoms with Crippen molar-refractivity contribution >= 4 is 27.5 Å². The first-order valence-electron chi connectivity index (χ1n) is 5.90. The summed E-state index contributed by atoms with van der Waals surface area (Å²) in [6, 6.07) is 9.08. The molecule has 6 nitrogen and oxygen atoms in total. The Morgan fingerprint density at radius 2 is 1.95 bits per heavy atom. The summed E-state index contributed by atoms with van der Waals surface area (Å²) in [6.07, 6.45) is 0. The molecule has 2 N–H and O–H groups in total. The van der Waals surface area contributed by atoms with Crippen molar-refractivity contribution in [2.45, 2.75) is 6.92 Å². The number of amides is 1. The van der Waals surface area contributed by atoms with Crippen LogP contribution >= 0.6 is 15.9 Å². The fourth-order valence-corrected chi connectivity index (χ4v) is 2.04. The van der Waals surface area contributed by atoms with Gasteiger partial charge < -0.3 is 10.5 Å². The van der Waals surface area contributed by atoms with Crippen molar-refractivity contribution in [2.24, 2.45) is 5.73 Å². The molecule has 21 heavy (non-hydrogen) atoms. The van der Waals surface area contributed by atoms with Crippen molar-refractivity contribution < 1.29 is 14.5 Å². The van der Waals surface area contributed by atoms with Crippen LogP contribution in [-0.4, -0.2) is 10.8 Å². The summed E-state index contributed by atoms with van der Waals surface area (Å²) in [7, 11) is 0. The first kappa shape index (κ1) is 15.0. The van der Waals surface area contributed by atoms with Crippen molar-refractivity contribution in [2.75, 3.05) is 0 Å². The highest BCUT2D eigenvalue weighted by Gasteiger charge is 2.18. The van der Waals surface area contributed by atoms with Crippen LogP contribution in [0.4, 0.5) is 5.69 Å². The summed E-state index contributed by atoms with van der Waals surface area (Å²) in [4.78, 5) is 21.7. The molecule has 0 unspecified atom stereocenters. The fourth-order valence-electron chi connectivity index (χ4n) is 1.70. The average Bonchev–Trinajstić information content (AvgIpc) is 2.42. The van der Waals surface area contributed by atoms with Crippen LogP contribution in [-0.2, 0) is 0 Å². The quantitative estimate of drug-likeness (QED) is 0.673. The van der Waals surface area contributed by atoms with E-state index in [0.717, 1.165) is 10.0 Å². The Morgan fingerprint density at radius 1 is 1.24 bits per heavy atom. The fraction of sp³-hybridized carbons (Fsp3) is 0.0714. The molecule has 7 heteroatoms. The number of halogens is 1. The molecule has 108 valence electrons. The number of nitrogens with two attached hydrogens (primary N) is 1. The predicted molar refractivity (Wildman–Crippen MR) is 80.6 cm³/mol. The van der Waals surface area contributed by atoms with Gasteiger partial charge in [0.05, 0.1) is 4.92 Å². The number of nitro benzene ring substituents is 1. The number of rotatable bonds is 4. The lowest BCUT2D eigenvalue weighted by Crippen LogP contribution is -2.11. The maximum absolute atomic E-state index is 11.2. The van der Waals surface area contributed by atoms with E-state index in [-0.39, 0.29) is 17.0 Å². The molecule has 0 aromatic heterocycles. The molecule has 0 aliphatic heterocycles. The molecule has 0 bridgehead atoms. The maximum Gasteiger partial charge on any atom is 0.311 e. The minimum atomic E-state index is -0.680. The Morgan fingerprint density at radius 3 is 2.57 bits per heavy atom. The minimum Gasteiger partial charge on any atom is -0.450 e. The molecular weight excluding hydrogens is 340 g/mol. The minimum absolute atomic E-state index is 0.0301. The molecule has 2 rings (SSSR count). The van der Waals surface area contributed by atoms with Crippen LogP contribution in [0.25, 0.3) is 0 Å². The molecule has 0 aliphatic rings. The Kier molecular flexibility index (Phi) is 4.23. The van der Waals surface area contributed by atoms with E-state index in [0.29, 0.717) is 5.75 Å². The topological polar surface area (TPSA) is 95.5 Å². The van der Waals surface area contributed by atoms with E-state index in [1.165, 1.54) is 18.2 Å². The molecule has 2 aromatic rings. The number of nitro groups is 1. The molecule has 0 atom stereocenters. The van der Waals surface area contributed by atoms with Gasteiger partial charge in [0.1, 0.15) is 5.75 Å². The van der Waals surface area contributed by atoms with Crippen LogP contribution in [0, 0.1) is 17.0 Å². The zero-order valence-electron chi connectivity index (χ0n) is 11.0. The van der Waals surface area contributed by atoms with Crippen molar-refractivity contribution in [3.63, 3.8) is 0 Å². The lowest BCUT2D eigenvalue weighted by molar-refractivity contribution is -0.385. The van der Waals surface area contributed by atoms with E-state index in [9.17, 15) is 14.9 Å². The highest BCUT2D eigenvalue weighted by Crippen LogP contribution is 2.34. The Labute approximate surface area is 128 Å². The molecule has 0 saturated carbocycles. The summed E-state index contributed by atoms with van der Waals surface area (Å²) in [6.45, 7) is 1.81. The zero-order chi connectivity index (χ0) is 15.6.